The number of aromatic nitrogens is 2. The lowest BCUT2D eigenvalue weighted by atomic mass is 9.91. The third kappa shape index (κ3) is 4.95. The first-order chi connectivity index (χ1) is 14.9. The van der Waals surface area contributed by atoms with Crippen LogP contribution in [-0.4, -0.2) is 45.0 Å². The number of carbonyl (C=O) groups is 1. The largest absolute Gasteiger partial charge is 0.508 e. The Kier molecular flexibility index (Phi) is 6.65. The summed E-state index contributed by atoms with van der Waals surface area (Å²) in [7, 11) is 2.64. The molecule has 0 aliphatic carbocycles. The Morgan fingerprint density at radius 2 is 1.90 bits per heavy atom. The molecule has 1 aliphatic heterocycles. The van der Waals surface area contributed by atoms with Crippen molar-refractivity contribution in [2.24, 2.45) is 5.92 Å². The lowest BCUT2D eigenvalue weighted by molar-refractivity contribution is 0.0907. The second-order valence-corrected chi connectivity index (χ2v) is 9.13. The van der Waals surface area contributed by atoms with Crippen LogP contribution in [0.15, 0.2) is 47.3 Å². The van der Waals surface area contributed by atoms with Crippen molar-refractivity contribution in [1.82, 2.24) is 14.5 Å². The van der Waals surface area contributed by atoms with E-state index in [1.807, 2.05) is 24.3 Å². The summed E-state index contributed by atoms with van der Waals surface area (Å²) >= 11 is 5.39. The predicted octanol–water partition coefficient (Wildman–Crippen LogP) is 3.25. The van der Waals surface area contributed by atoms with Crippen LogP contribution < -0.4 is 10.9 Å². The van der Waals surface area contributed by atoms with Crippen LogP contribution in [0.4, 0.5) is 0 Å². The third-order valence-electron chi connectivity index (χ3n) is 5.99. The summed E-state index contributed by atoms with van der Waals surface area (Å²) in [6.45, 7) is 2.87. The molecule has 2 atom stereocenters. The average Bonchev–Trinajstić information content (AvgIpc) is 3.00. The number of aromatic hydroxyl groups is 1. The van der Waals surface area contributed by atoms with Crippen molar-refractivity contribution < 1.29 is 9.90 Å². The van der Waals surface area contributed by atoms with Gasteiger partial charge in [0.05, 0.1) is 10.9 Å². The molecule has 2 aromatic carbocycles. The zero-order chi connectivity index (χ0) is 22.0. The maximum atomic E-state index is 12.9. The van der Waals surface area contributed by atoms with Crippen LogP contribution in [0.2, 0.25) is 0 Å². The SMILES string of the molecule is O=C(c1ccc(P)cc1)C1CCCN(CCn2c(=S)[nH]c3ccc(O)cc3c2=O)CC1. The van der Waals surface area contributed by atoms with Crippen LogP contribution in [0, 0.1) is 10.7 Å². The number of H-pyrrole nitrogens is 1. The number of Topliss-reactive ketones (excluding diaryl/α,β-unsaturated/α-hetero) is 1. The summed E-state index contributed by atoms with van der Waals surface area (Å²) < 4.78 is 1.93. The van der Waals surface area contributed by atoms with Crippen LogP contribution in [0.5, 0.6) is 5.75 Å². The average molecular weight is 456 g/mol. The summed E-state index contributed by atoms with van der Waals surface area (Å²) in [5.74, 6) is 0.312. The molecule has 2 unspecified atom stereocenters. The number of phenolic OH excluding ortho intramolecular Hbond substituents is 1. The van der Waals surface area contributed by atoms with Crippen LogP contribution in [0.25, 0.3) is 10.9 Å². The molecule has 1 aromatic heterocycles. The molecule has 1 saturated heterocycles. The van der Waals surface area contributed by atoms with Gasteiger partial charge in [0, 0.05) is 24.6 Å². The van der Waals surface area contributed by atoms with E-state index in [2.05, 4.69) is 19.1 Å². The number of rotatable bonds is 5. The van der Waals surface area contributed by atoms with E-state index >= 15 is 0 Å². The molecule has 2 N–H and O–H groups in total. The van der Waals surface area contributed by atoms with E-state index < -0.39 is 0 Å². The van der Waals surface area contributed by atoms with E-state index in [1.54, 1.807) is 10.6 Å². The van der Waals surface area contributed by atoms with Gasteiger partial charge in [0.2, 0.25) is 0 Å². The Labute approximate surface area is 188 Å². The van der Waals surface area contributed by atoms with Crippen molar-refractivity contribution in [3.8, 4) is 5.75 Å². The van der Waals surface area contributed by atoms with Gasteiger partial charge in [-0.05, 0) is 68.1 Å². The van der Waals surface area contributed by atoms with Crippen molar-refractivity contribution in [3.05, 3.63) is 63.2 Å². The smallest absolute Gasteiger partial charge is 0.262 e. The molecule has 162 valence electrons. The second-order valence-electron chi connectivity index (χ2n) is 8.07. The van der Waals surface area contributed by atoms with Gasteiger partial charge in [0.25, 0.3) is 5.56 Å². The first-order valence-electron chi connectivity index (χ1n) is 10.5. The molecule has 4 rings (SSSR count). The maximum Gasteiger partial charge on any atom is 0.262 e. The highest BCUT2D eigenvalue weighted by molar-refractivity contribution is 7.71. The molecule has 0 radical (unpaired) electrons. The number of hydrogen-bond acceptors (Lipinski definition) is 5. The fourth-order valence-electron chi connectivity index (χ4n) is 4.21. The lowest BCUT2D eigenvalue weighted by Crippen LogP contribution is -2.32. The van der Waals surface area contributed by atoms with E-state index in [-0.39, 0.29) is 23.0 Å². The molecule has 2 heterocycles. The fraction of sp³-hybridized carbons (Fsp3) is 0.348. The standard InChI is InChI=1S/C23H26N3O3PS/c27-17-5-8-20-19(14-17)22(29)26(23(31)24-20)13-12-25-10-1-2-15(9-11-25)21(28)16-3-6-18(30)7-4-16/h3-8,14-15,27H,1-2,9-13,30H2,(H,24,31). The predicted molar refractivity (Wildman–Crippen MR) is 129 cm³/mol. The molecule has 1 aliphatic rings. The van der Waals surface area contributed by atoms with E-state index in [9.17, 15) is 14.7 Å². The normalized spacial score (nSPS) is 17.5. The summed E-state index contributed by atoms with van der Waals surface area (Å²) in [4.78, 5) is 31.1. The number of benzene rings is 2. The Balaban J connectivity index is 1.42. The Hall–Kier alpha value is -2.34. The molecule has 6 nitrogen and oxygen atoms in total. The first kappa shape index (κ1) is 21.9. The molecular weight excluding hydrogens is 429 g/mol. The quantitative estimate of drug-likeness (QED) is 0.351. The van der Waals surface area contributed by atoms with Crippen molar-refractivity contribution in [2.75, 3.05) is 19.6 Å². The van der Waals surface area contributed by atoms with Gasteiger partial charge >= 0.3 is 0 Å². The number of fused-ring (bicyclic) bond motifs is 1. The monoisotopic (exact) mass is 455 g/mol. The number of carbonyl (C=O) groups excluding carboxylic acids is 1. The van der Waals surface area contributed by atoms with Crippen molar-refractivity contribution >= 4 is 43.4 Å². The van der Waals surface area contributed by atoms with Crippen molar-refractivity contribution in [2.45, 2.75) is 25.8 Å². The number of phenols is 1. The molecule has 3 aromatic rings. The Bertz CT molecular complexity index is 1220. The summed E-state index contributed by atoms with van der Waals surface area (Å²) in [5, 5.41) is 11.2. The minimum atomic E-state index is -0.199. The second kappa shape index (κ2) is 9.43. The number of nitrogens with one attached hydrogen (secondary N) is 1. The molecule has 0 amide bonds. The summed E-state index contributed by atoms with van der Waals surface area (Å²) in [6.07, 6.45) is 2.65. The Morgan fingerprint density at radius 3 is 2.68 bits per heavy atom. The summed E-state index contributed by atoms with van der Waals surface area (Å²) in [6, 6.07) is 12.4. The first-order valence-corrected chi connectivity index (χ1v) is 11.5. The van der Waals surface area contributed by atoms with Crippen LogP contribution in [0.1, 0.15) is 29.6 Å². The Morgan fingerprint density at radius 1 is 1.13 bits per heavy atom. The van der Waals surface area contributed by atoms with Crippen molar-refractivity contribution in [3.63, 3.8) is 0 Å². The molecule has 1 fully saturated rings. The fourth-order valence-corrected chi connectivity index (χ4v) is 4.68. The van der Waals surface area contributed by atoms with Gasteiger partial charge in [0.15, 0.2) is 10.6 Å². The van der Waals surface area contributed by atoms with E-state index in [0.717, 1.165) is 43.2 Å². The van der Waals surface area contributed by atoms with Gasteiger partial charge in [0.1, 0.15) is 5.75 Å². The molecule has 0 spiro atoms. The van der Waals surface area contributed by atoms with Gasteiger partial charge in [-0.2, -0.15) is 0 Å². The number of nitrogens with zero attached hydrogens (tertiary/aromatic N) is 2. The van der Waals surface area contributed by atoms with Crippen molar-refractivity contribution in [1.29, 1.82) is 0 Å². The van der Waals surface area contributed by atoms with Gasteiger partial charge in [-0.3, -0.25) is 14.2 Å². The highest BCUT2D eigenvalue weighted by atomic mass is 32.1. The summed E-state index contributed by atoms with van der Waals surface area (Å²) in [5.41, 5.74) is 1.20. The zero-order valence-corrected chi connectivity index (χ0v) is 19.2. The van der Waals surface area contributed by atoms with Gasteiger partial charge < -0.3 is 15.0 Å². The van der Waals surface area contributed by atoms with Gasteiger partial charge in [-0.15, -0.1) is 9.24 Å². The number of aromatic amines is 1. The highest BCUT2D eigenvalue weighted by Crippen LogP contribution is 2.22. The molecular formula is C23H26N3O3PS. The molecule has 0 bridgehead atoms. The van der Waals surface area contributed by atoms with E-state index in [1.165, 1.54) is 12.1 Å². The minimum absolute atomic E-state index is 0.0366. The van der Waals surface area contributed by atoms with Gasteiger partial charge in [-0.25, -0.2) is 0 Å². The van der Waals surface area contributed by atoms with E-state index in [0.29, 0.717) is 28.8 Å². The highest BCUT2D eigenvalue weighted by Gasteiger charge is 2.24. The van der Waals surface area contributed by atoms with Crippen LogP contribution in [-0.2, 0) is 6.54 Å². The molecule has 0 saturated carbocycles. The topological polar surface area (TPSA) is 78.3 Å². The lowest BCUT2D eigenvalue weighted by Gasteiger charge is -2.20. The number of likely N-dealkylation sites (tertiary alicyclic amines) is 1. The zero-order valence-electron chi connectivity index (χ0n) is 17.2. The van der Waals surface area contributed by atoms with Gasteiger partial charge in [-0.1, -0.05) is 24.3 Å². The molecule has 8 heteroatoms. The number of hydrogen-bond donors (Lipinski definition) is 2. The van der Waals surface area contributed by atoms with E-state index in [4.69, 9.17) is 12.2 Å². The van der Waals surface area contributed by atoms with Crippen LogP contribution >= 0.6 is 21.5 Å². The third-order valence-corrected chi connectivity index (χ3v) is 6.70. The number of ketones is 1. The minimum Gasteiger partial charge on any atom is -0.508 e. The maximum absolute atomic E-state index is 12.9. The molecule has 31 heavy (non-hydrogen) atoms. The van der Waals surface area contributed by atoms with Crippen LogP contribution in [0.3, 0.4) is 0 Å².